The highest BCUT2D eigenvalue weighted by atomic mass is 16.5. The Morgan fingerprint density at radius 3 is 2.77 bits per heavy atom. The molecule has 3 aliphatic rings. The number of carbonyl (C=O) groups is 1. The molecule has 3 aliphatic heterocycles. The lowest BCUT2D eigenvalue weighted by molar-refractivity contribution is -0.143. The monoisotopic (exact) mass is 352 g/mol. The van der Waals surface area contributed by atoms with E-state index in [2.05, 4.69) is 27.0 Å². The first kappa shape index (κ1) is 16.0. The zero-order valence-corrected chi connectivity index (χ0v) is 14.9. The first-order valence-electron chi connectivity index (χ1n) is 9.64. The van der Waals surface area contributed by atoms with Crippen LogP contribution < -0.4 is 4.90 Å². The average molecular weight is 352 g/mol. The van der Waals surface area contributed by atoms with E-state index >= 15 is 0 Å². The number of aromatic nitrogens is 2. The van der Waals surface area contributed by atoms with E-state index in [1.54, 1.807) is 12.4 Å². The molecule has 0 radical (unpaired) electrons. The van der Waals surface area contributed by atoms with E-state index < -0.39 is 0 Å². The maximum Gasteiger partial charge on any atom is 0.251 e. The summed E-state index contributed by atoms with van der Waals surface area (Å²) < 4.78 is 5.63. The molecule has 1 aromatic carbocycles. The number of ether oxygens (including phenoxy) is 1. The summed E-state index contributed by atoms with van der Waals surface area (Å²) in [6, 6.07) is 6.31. The van der Waals surface area contributed by atoms with Gasteiger partial charge in [-0.2, -0.15) is 0 Å². The lowest BCUT2D eigenvalue weighted by atomic mass is 9.77. The van der Waals surface area contributed by atoms with Gasteiger partial charge in [-0.3, -0.25) is 14.8 Å². The van der Waals surface area contributed by atoms with Crippen molar-refractivity contribution in [2.75, 3.05) is 31.1 Å². The Morgan fingerprint density at radius 1 is 1.12 bits per heavy atom. The normalized spacial score (nSPS) is 28.5. The van der Waals surface area contributed by atoms with Gasteiger partial charge in [0.15, 0.2) is 0 Å². The van der Waals surface area contributed by atoms with Gasteiger partial charge in [-0.25, -0.2) is 0 Å². The number of fused-ring (bicyclic) bond motifs is 1. The van der Waals surface area contributed by atoms with Crippen LogP contribution in [0.15, 0.2) is 30.6 Å². The van der Waals surface area contributed by atoms with Gasteiger partial charge in [0.2, 0.25) is 0 Å². The number of rotatable bonds is 2. The van der Waals surface area contributed by atoms with Crippen molar-refractivity contribution in [3.05, 3.63) is 30.6 Å². The van der Waals surface area contributed by atoms with Gasteiger partial charge in [0.05, 0.1) is 16.6 Å². The van der Waals surface area contributed by atoms with Crippen molar-refractivity contribution in [1.82, 2.24) is 14.9 Å². The predicted molar refractivity (Wildman–Crippen MR) is 99.0 cm³/mol. The molecule has 136 valence electrons. The molecule has 6 nitrogen and oxygen atoms in total. The molecule has 6 heteroatoms. The average Bonchev–Trinajstić information content (AvgIpc) is 3.21. The minimum absolute atomic E-state index is 0.0718. The molecule has 1 amide bonds. The van der Waals surface area contributed by atoms with Crippen LogP contribution in [0.5, 0.6) is 0 Å². The quantitative estimate of drug-likeness (QED) is 0.831. The molecule has 1 spiro atoms. The number of amides is 1. The lowest BCUT2D eigenvalue weighted by Crippen LogP contribution is -2.68. The van der Waals surface area contributed by atoms with Crippen molar-refractivity contribution in [3.63, 3.8) is 0 Å². The standard InChI is InChI=1S/C20H24N4O2/c25-19(18-3-1-12-26-18)23-10-2-6-20(14-23)7-11-24(20)15-4-5-16-17(13-15)22-9-8-21-16/h4-5,8-9,13,18H,1-3,6-7,10-12,14H2/t18-,20+/m1/s1. The van der Waals surface area contributed by atoms with Gasteiger partial charge in [-0.1, -0.05) is 0 Å². The van der Waals surface area contributed by atoms with Gasteiger partial charge < -0.3 is 14.5 Å². The maximum atomic E-state index is 12.8. The van der Waals surface area contributed by atoms with Gasteiger partial charge in [0.1, 0.15) is 6.10 Å². The van der Waals surface area contributed by atoms with Crippen LogP contribution in [-0.2, 0) is 9.53 Å². The van der Waals surface area contributed by atoms with Crippen molar-refractivity contribution in [1.29, 1.82) is 0 Å². The molecule has 0 unspecified atom stereocenters. The topological polar surface area (TPSA) is 58.6 Å². The Hall–Kier alpha value is -2.21. The van der Waals surface area contributed by atoms with Crippen molar-refractivity contribution in [2.24, 2.45) is 0 Å². The number of hydrogen-bond acceptors (Lipinski definition) is 5. The number of hydrogen-bond donors (Lipinski definition) is 0. The van der Waals surface area contributed by atoms with Crippen molar-refractivity contribution in [2.45, 2.75) is 43.7 Å². The lowest BCUT2D eigenvalue weighted by Gasteiger charge is -2.58. The van der Waals surface area contributed by atoms with E-state index in [0.29, 0.717) is 0 Å². The SMILES string of the molecule is O=C([C@H]1CCCO1)N1CCC[C@]2(CCN2c2ccc3nccnc3c2)C1. The van der Waals surface area contributed by atoms with Gasteiger partial charge in [-0.05, 0) is 50.3 Å². The second kappa shape index (κ2) is 6.20. The summed E-state index contributed by atoms with van der Waals surface area (Å²) in [6.45, 7) is 3.43. The van der Waals surface area contributed by atoms with E-state index in [-0.39, 0.29) is 17.6 Å². The smallest absolute Gasteiger partial charge is 0.251 e. The van der Waals surface area contributed by atoms with Crippen molar-refractivity contribution >= 4 is 22.6 Å². The van der Waals surface area contributed by atoms with E-state index in [1.807, 2.05) is 11.0 Å². The van der Waals surface area contributed by atoms with Gasteiger partial charge in [-0.15, -0.1) is 0 Å². The third-order valence-electron chi connectivity index (χ3n) is 6.21. The molecular formula is C20H24N4O2. The van der Waals surface area contributed by atoms with Crippen LogP contribution in [0.1, 0.15) is 32.1 Å². The fourth-order valence-electron chi connectivity index (χ4n) is 4.76. The Balaban J connectivity index is 1.38. The van der Waals surface area contributed by atoms with E-state index in [4.69, 9.17) is 4.74 Å². The molecule has 5 rings (SSSR count). The summed E-state index contributed by atoms with van der Waals surface area (Å²) in [6.07, 6.45) is 8.46. The zero-order valence-electron chi connectivity index (χ0n) is 14.9. The number of piperidine rings is 1. The van der Waals surface area contributed by atoms with Crippen LogP contribution in [0.25, 0.3) is 11.0 Å². The molecule has 2 atom stereocenters. The maximum absolute atomic E-state index is 12.8. The third kappa shape index (κ3) is 2.55. The summed E-state index contributed by atoms with van der Waals surface area (Å²) in [7, 11) is 0. The van der Waals surface area contributed by atoms with Crippen LogP contribution >= 0.6 is 0 Å². The van der Waals surface area contributed by atoms with Gasteiger partial charge >= 0.3 is 0 Å². The number of anilines is 1. The highest BCUT2D eigenvalue weighted by Crippen LogP contribution is 2.42. The number of nitrogens with zero attached hydrogens (tertiary/aromatic N) is 4. The van der Waals surface area contributed by atoms with E-state index in [0.717, 1.165) is 69.4 Å². The Labute approximate surface area is 153 Å². The molecule has 3 saturated heterocycles. The number of likely N-dealkylation sites (tertiary alicyclic amines) is 1. The fourth-order valence-corrected chi connectivity index (χ4v) is 4.76. The highest BCUT2D eigenvalue weighted by molar-refractivity contribution is 5.82. The summed E-state index contributed by atoms with van der Waals surface area (Å²) in [5.41, 5.74) is 3.11. The summed E-state index contributed by atoms with van der Waals surface area (Å²) in [5, 5.41) is 0. The Bertz CT molecular complexity index is 835. The molecule has 1 aromatic heterocycles. The molecule has 0 aliphatic carbocycles. The second-order valence-corrected chi connectivity index (χ2v) is 7.72. The van der Waals surface area contributed by atoms with Crippen LogP contribution in [0.2, 0.25) is 0 Å². The van der Waals surface area contributed by atoms with Gasteiger partial charge in [0.25, 0.3) is 5.91 Å². The fraction of sp³-hybridized carbons (Fsp3) is 0.550. The molecule has 4 heterocycles. The molecule has 0 bridgehead atoms. The number of carbonyl (C=O) groups excluding carboxylic acids is 1. The van der Waals surface area contributed by atoms with E-state index in [1.165, 1.54) is 5.69 Å². The summed E-state index contributed by atoms with van der Waals surface area (Å²) in [5.74, 6) is 0.192. The highest BCUT2D eigenvalue weighted by Gasteiger charge is 2.49. The van der Waals surface area contributed by atoms with Crippen LogP contribution in [0, 0.1) is 0 Å². The summed E-state index contributed by atoms with van der Waals surface area (Å²) in [4.78, 5) is 26.1. The van der Waals surface area contributed by atoms with Crippen molar-refractivity contribution in [3.8, 4) is 0 Å². The minimum atomic E-state index is -0.213. The first-order valence-corrected chi connectivity index (χ1v) is 9.64. The number of benzene rings is 1. The van der Waals surface area contributed by atoms with E-state index in [9.17, 15) is 4.79 Å². The molecule has 0 saturated carbocycles. The van der Waals surface area contributed by atoms with Crippen molar-refractivity contribution < 1.29 is 9.53 Å². The first-order chi connectivity index (χ1) is 12.8. The molecule has 3 fully saturated rings. The zero-order chi connectivity index (χ0) is 17.6. The minimum Gasteiger partial charge on any atom is -0.368 e. The molecular weight excluding hydrogens is 328 g/mol. The van der Waals surface area contributed by atoms with Crippen LogP contribution in [0.4, 0.5) is 5.69 Å². The second-order valence-electron chi connectivity index (χ2n) is 7.72. The van der Waals surface area contributed by atoms with Crippen LogP contribution in [0.3, 0.4) is 0 Å². The van der Waals surface area contributed by atoms with Crippen LogP contribution in [-0.4, -0.2) is 58.7 Å². The third-order valence-corrected chi connectivity index (χ3v) is 6.21. The molecule has 26 heavy (non-hydrogen) atoms. The van der Waals surface area contributed by atoms with Gasteiger partial charge in [0, 0.05) is 44.3 Å². The summed E-state index contributed by atoms with van der Waals surface area (Å²) >= 11 is 0. The predicted octanol–water partition coefficient (Wildman–Crippen LogP) is 2.38. The molecule has 0 N–H and O–H groups in total. The Morgan fingerprint density at radius 2 is 2.00 bits per heavy atom. The largest absolute Gasteiger partial charge is 0.368 e. The molecule has 2 aromatic rings. The Kier molecular flexibility index (Phi) is 3.81.